The SMILES string of the molecule is CC(N)(C(=O)Nc1ccc(NCC2CCCO2)c(F)c1)c1ccccc1. The van der Waals surface area contributed by atoms with Gasteiger partial charge in [0.15, 0.2) is 0 Å². The van der Waals surface area contributed by atoms with E-state index in [-0.39, 0.29) is 6.10 Å². The van der Waals surface area contributed by atoms with E-state index in [1.807, 2.05) is 18.2 Å². The van der Waals surface area contributed by atoms with Crippen LogP contribution in [0.1, 0.15) is 25.3 Å². The number of hydrogen-bond acceptors (Lipinski definition) is 4. The lowest BCUT2D eigenvalue weighted by atomic mass is 9.92. The molecule has 5 nitrogen and oxygen atoms in total. The van der Waals surface area contributed by atoms with Crippen LogP contribution in [-0.2, 0) is 15.1 Å². The van der Waals surface area contributed by atoms with Gasteiger partial charge in [-0.15, -0.1) is 0 Å². The number of benzene rings is 2. The number of carbonyl (C=O) groups excluding carboxylic acids is 1. The molecular formula is C20H24FN3O2. The Labute approximate surface area is 152 Å². The summed E-state index contributed by atoms with van der Waals surface area (Å²) in [7, 11) is 0. The number of rotatable bonds is 6. The number of hydrogen-bond donors (Lipinski definition) is 3. The van der Waals surface area contributed by atoms with Crippen molar-refractivity contribution >= 4 is 17.3 Å². The molecule has 0 radical (unpaired) electrons. The highest BCUT2D eigenvalue weighted by Crippen LogP contribution is 2.23. The highest BCUT2D eigenvalue weighted by molar-refractivity contribution is 5.98. The average Bonchev–Trinajstić information content (AvgIpc) is 3.15. The van der Waals surface area contributed by atoms with Gasteiger partial charge in [0.05, 0.1) is 11.8 Å². The van der Waals surface area contributed by atoms with Gasteiger partial charge in [0.25, 0.3) is 0 Å². The molecule has 2 atom stereocenters. The molecule has 138 valence electrons. The molecule has 2 aromatic rings. The van der Waals surface area contributed by atoms with Gasteiger partial charge in [-0.3, -0.25) is 4.79 Å². The number of nitrogens with two attached hydrogens (primary N) is 1. The second kappa shape index (κ2) is 7.85. The van der Waals surface area contributed by atoms with Crippen LogP contribution in [0.5, 0.6) is 0 Å². The molecule has 1 amide bonds. The zero-order valence-electron chi connectivity index (χ0n) is 14.8. The third kappa shape index (κ3) is 4.20. The normalized spacial score (nSPS) is 19.0. The third-order valence-electron chi connectivity index (χ3n) is 4.62. The van der Waals surface area contributed by atoms with Crippen molar-refractivity contribution in [2.24, 2.45) is 5.73 Å². The van der Waals surface area contributed by atoms with Gasteiger partial charge in [0.1, 0.15) is 11.4 Å². The fraction of sp³-hybridized carbons (Fsp3) is 0.350. The van der Waals surface area contributed by atoms with Crippen LogP contribution >= 0.6 is 0 Å². The predicted molar refractivity (Wildman–Crippen MR) is 100 cm³/mol. The molecule has 3 rings (SSSR count). The topological polar surface area (TPSA) is 76.4 Å². The van der Waals surface area contributed by atoms with E-state index in [2.05, 4.69) is 10.6 Å². The maximum absolute atomic E-state index is 14.3. The molecule has 4 N–H and O–H groups in total. The van der Waals surface area contributed by atoms with Gasteiger partial charge in [-0.1, -0.05) is 30.3 Å². The molecule has 0 spiro atoms. The molecule has 2 aromatic carbocycles. The number of halogens is 1. The van der Waals surface area contributed by atoms with Gasteiger partial charge in [0.2, 0.25) is 5.91 Å². The van der Waals surface area contributed by atoms with Crippen molar-refractivity contribution in [2.45, 2.75) is 31.4 Å². The molecule has 1 fully saturated rings. The second-order valence-electron chi connectivity index (χ2n) is 6.73. The van der Waals surface area contributed by atoms with Gasteiger partial charge in [0, 0.05) is 18.8 Å². The Morgan fingerprint density at radius 1 is 1.31 bits per heavy atom. The molecule has 1 aliphatic rings. The maximum Gasteiger partial charge on any atom is 0.248 e. The highest BCUT2D eigenvalue weighted by Gasteiger charge is 2.30. The highest BCUT2D eigenvalue weighted by atomic mass is 19.1. The molecular weight excluding hydrogens is 333 g/mol. The van der Waals surface area contributed by atoms with Crippen LogP contribution in [0.15, 0.2) is 48.5 Å². The molecule has 1 saturated heterocycles. The van der Waals surface area contributed by atoms with Crippen LogP contribution in [0.4, 0.5) is 15.8 Å². The van der Waals surface area contributed by atoms with E-state index >= 15 is 0 Å². The van der Waals surface area contributed by atoms with Crippen molar-refractivity contribution in [2.75, 3.05) is 23.8 Å². The fourth-order valence-corrected chi connectivity index (χ4v) is 2.94. The van der Waals surface area contributed by atoms with E-state index in [0.717, 1.165) is 19.4 Å². The summed E-state index contributed by atoms with van der Waals surface area (Å²) in [6, 6.07) is 13.6. The first-order chi connectivity index (χ1) is 12.5. The largest absolute Gasteiger partial charge is 0.380 e. The van der Waals surface area contributed by atoms with Gasteiger partial charge in [-0.05, 0) is 43.5 Å². The molecule has 6 heteroatoms. The van der Waals surface area contributed by atoms with Crippen molar-refractivity contribution in [3.63, 3.8) is 0 Å². The summed E-state index contributed by atoms with van der Waals surface area (Å²) in [5, 5.41) is 5.74. The number of carbonyl (C=O) groups is 1. The summed E-state index contributed by atoms with van der Waals surface area (Å²) in [4.78, 5) is 12.5. The van der Waals surface area contributed by atoms with Crippen LogP contribution in [0.3, 0.4) is 0 Å². The van der Waals surface area contributed by atoms with Crippen molar-refractivity contribution < 1.29 is 13.9 Å². The molecule has 1 aliphatic heterocycles. The minimum atomic E-state index is -1.21. The first-order valence-corrected chi connectivity index (χ1v) is 8.77. The quantitative estimate of drug-likeness (QED) is 0.742. The Kier molecular flexibility index (Phi) is 5.54. The van der Waals surface area contributed by atoms with Crippen molar-refractivity contribution in [3.8, 4) is 0 Å². The summed E-state index contributed by atoms with van der Waals surface area (Å²) in [6.45, 7) is 2.96. The second-order valence-corrected chi connectivity index (χ2v) is 6.73. The maximum atomic E-state index is 14.3. The summed E-state index contributed by atoms with van der Waals surface area (Å²) < 4.78 is 19.8. The molecule has 0 saturated carbocycles. The van der Waals surface area contributed by atoms with Crippen LogP contribution in [0.25, 0.3) is 0 Å². The number of anilines is 2. The Morgan fingerprint density at radius 3 is 2.73 bits per heavy atom. The van der Waals surface area contributed by atoms with E-state index in [0.29, 0.717) is 23.5 Å². The Hall–Kier alpha value is -2.44. The third-order valence-corrected chi connectivity index (χ3v) is 4.62. The van der Waals surface area contributed by atoms with Crippen molar-refractivity contribution in [1.82, 2.24) is 0 Å². The lowest BCUT2D eigenvalue weighted by Gasteiger charge is -2.24. The predicted octanol–water partition coefficient (Wildman–Crippen LogP) is 3.23. The Bertz CT molecular complexity index is 759. The minimum absolute atomic E-state index is 0.123. The Morgan fingerprint density at radius 2 is 2.08 bits per heavy atom. The standard InChI is InChI=1S/C20H24FN3O2/c1-20(22,14-6-3-2-4-7-14)19(25)24-15-9-10-18(17(21)12-15)23-13-16-8-5-11-26-16/h2-4,6-7,9-10,12,16,23H,5,8,11,13,22H2,1H3,(H,24,25). The minimum Gasteiger partial charge on any atom is -0.380 e. The number of nitrogens with one attached hydrogen (secondary N) is 2. The van der Waals surface area contributed by atoms with E-state index < -0.39 is 17.3 Å². The lowest BCUT2D eigenvalue weighted by Crippen LogP contribution is -2.45. The molecule has 0 aromatic heterocycles. The lowest BCUT2D eigenvalue weighted by molar-refractivity contribution is -0.120. The summed E-state index contributed by atoms with van der Waals surface area (Å²) in [5.74, 6) is -0.831. The smallest absolute Gasteiger partial charge is 0.248 e. The van der Waals surface area contributed by atoms with Crippen LogP contribution in [0.2, 0.25) is 0 Å². The fourth-order valence-electron chi connectivity index (χ4n) is 2.94. The molecule has 0 bridgehead atoms. The summed E-state index contributed by atoms with van der Waals surface area (Å²) >= 11 is 0. The van der Waals surface area contributed by atoms with Gasteiger partial charge in [-0.25, -0.2) is 4.39 Å². The molecule has 0 aliphatic carbocycles. The molecule has 2 unspecified atom stereocenters. The van der Waals surface area contributed by atoms with E-state index in [1.165, 1.54) is 6.07 Å². The summed E-state index contributed by atoms with van der Waals surface area (Å²) in [5.41, 5.74) is 6.41. The monoisotopic (exact) mass is 357 g/mol. The average molecular weight is 357 g/mol. The van der Waals surface area contributed by atoms with Gasteiger partial charge in [-0.2, -0.15) is 0 Å². The first kappa shape index (κ1) is 18.4. The zero-order chi connectivity index (χ0) is 18.6. The van der Waals surface area contributed by atoms with Gasteiger partial charge >= 0.3 is 0 Å². The van der Waals surface area contributed by atoms with Gasteiger partial charge < -0.3 is 21.1 Å². The van der Waals surface area contributed by atoms with Crippen LogP contribution < -0.4 is 16.4 Å². The molecule has 26 heavy (non-hydrogen) atoms. The molecule has 1 heterocycles. The number of amides is 1. The van der Waals surface area contributed by atoms with Crippen molar-refractivity contribution in [1.29, 1.82) is 0 Å². The van der Waals surface area contributed by atoms with E-state index in [1.54, 1.807) is 31.2 Å². The number of ether oxygens (including phenoxy) is 1. The summed E-state index contributed by atoms with van der Waals surface area (Å²) in [6.07, 6.45) is 2.15. The van der Waals surface area contributed by atoms with Crippen LogP contribution in [0, 0.1) is 5.82 Å². The Balaban J connectivity index is 1.64. The first-order valence-electron chi connectivity index (χ1n) is 8.77. The van der Waals surface area contributed by atoms with Crippen molar-refractivity contribution in [3.05, 3.63) is 59.9 Å². The van der Waals surface area contributed by atoms with Crippen LogP contribution in [-0.4, -0.2) is 25.2 Å². The van der Waals surface area contributed by atoms with E-state index in [9.17, 15) is 9.18 Å². The van der Waals surface area contributed by atoms with E-state index in [4.69, 9.17) is 10.5 Å². The zero-order valence-corrected chi connectivity index (χ0v) is 14.8.